The fraction of sp³-hybridized carbons (Fsp3) is 0.400. The molecule has 4 heteroatoms. The van der Waals surface area contributed by atoms with E-state index in [2.05, 4.69) is 5.32 Å². The second kappa shape index (κ2) is 5.56. The molecule has 0 saturated carbocycles. The Kier molecular flexibility index (Phi) is 4.69. The summed E-state index contributed by atoms with van der Waals surface area (Å²) in [5.41, 5.74) is 0.875. The number of aliphatic hydroxyl groups excluding tert-OH is 1. The third-order valence-electron chi connectivity index (χ3n) is 1.97. The molecule has 0 fully saturated rings. The molecule has 1 atom stereocenters. The van der Waals surface area contributed by atoms with E-state index in [0.29, 0.717) is 10.0 Å². The van der Waals surface area contributed by atoms with Crippen LogP contribution in [0.2, 0.25) is 10.0 Å². The van der Waals surface area contributed by atoms with Crippen LogP contribution >= 0.6 is 23.2 Å². The summed E-state index contributed by atoms with van der Waals surface area (Å²) in [5.74, 6) is 0. The minimum atomic E-state index is -0.121. The second-order valence-electron chi connectivity index (χ2n) is 2.96. The van der Waals surface area contributed by atoms with Crippen LogP contribution in [0.25, 0.3) is 0 Å². The van der Waals surface area contributed by atoms with Gasteiger partial charge < -0.3 is 10.4 Å². The van der Waals surface area contributed by atoms with Gasteiger partial charge in [-0.3, -0.25) is 0 Å². The number of rotatable bonds is 4. The van der Waals surface area contributed by atoms with Gasteiger partial charge in [0.15, 0.2) is 0 Å². The van der Waals surface area contributed by atoms with Crippen LogP contribution in [0.3, 0.4) is 0 Å². The normalized spacial score (nSPS) is 12.9. The van der Waals surface area contributed by atoms with Gasteiger partial charge in [0.2, 0.25) is 0 Å². The molecule has 0 bridgehead atoms. The standard InChI is InChI=1S/C10H13Cl2NO/c1-2-13-10(6-14)8-4-3-7(11)5-9(8)12/h3-5,10,13-14H,2,6H2,1H3. The van der Waals surface area contributed by atoms with E-state index < -0.39 is 0 Å². The van der Waals surface area contributed by atoms with Crippen LogP contribution in [0.15, 0.2) is 18.2 Å². The molecule has 0 amide bonds. The highest BCUT2D eigenvalue weighted by atomic mass is 35.5. The SMILES string of the molecule is CCNC(CO)c1ccc(Cl)cc1Cl. The van der Waals surface area contributed by atoms with Crippen LogP contribution in [0.1, 0.15) is 18.5 Å². The topological polar surface area (TPSA) is 32.3 Å². The van der Waals surface area contributed by atoms with E-state index in [1.54, 1.807) is 12.1 Å². The summed E-state index contributed by atoms with van der Waals surface area (Å²) in [4.78, 5) is 0. The van der Waals surface area contributed by atoms with Gasteiger partial charge in [0.1, 0.15) is 0 Å². The summed E-state index contributed by atoms with van der Waals surface area (Å²) in [6, 6.07) is 5.15. The van der Waals surface area contributed by atoms with Crippen molar-refractivity contribution in [2.45, 2.75) is 13.0 Å². The first kappa shape index (κ1) is 11.8. The van der Waals surface area contributed by atoms with Gasteiger partial charge >= 0.3 is 0 Å². The monoisotopic (exact) mass is 233 g/mol. The molecule has 0 saturated heterocycles. The maximum atomic E-state index is 9.15. The minimum Gasteiger partial charge on any atom is -0.394 e. The van der Waals surface area contributed by atoms with E-state index in [-0.39, 0.29) is 12.6 Å². The average Bonchev–Trinajstić information content (AvgIpc) is 2.15. The Morgan fingerprint density at radius 2 is 2.14 bits per heavy atom. The zero-order valence-electron chi connectivity index (χ0n) is 7.93. The first-order valence-electron chi connectivity index (χ1n) is 4.48. The van der Waals surface area contributed by atoms with Crippen molar-refractivity contribution < 1.29 is 5.11 Å². The van der Waals surface area contributed by atoms with Gasteiger partial charge in [-0.25, -0.2) is 0 Å². The van der Waals surface area contributed by atoms with Gasteiger partial charge in [-0.05, 0) is 24.2 Å². The van der Waals surface area contributed by atoms with Crippen molar-refractivity contribution in [3.05, 3.63) is 33.8 Å². The zero-order valence-corrected chi connectivity index (χ0v) is 9.44. The quantitative estimate of drug-likeness (QED) is 0.839. The highest BCUT2D eigenvalue weighted by Crippen LogP contribution is 2.25. The van der Waals surface area contributed by atoms with E-state index in [4.69, 9.17) is 28.3 Å². The van der Waals surface area contributed by atoms with E-state index >= 15 is 0 Å². The molecule has 78 valence electrons. The number of nitrogens with one attached hydrogen (secondary N) is 1. The second-order valence-corrected chi connectivity index (χ2v) is 3.80. The zero-order chi connectivity index (χ0) is 10.6. The highest BCUT2D eigenvalue weighted by molar-refractivity contribution is 6.35. The molecule has 1 unspecified atom stereocenters. The van der Waals surface area contributed by atoms with E-state index in [9.17, 15) is 0 Å². The molecule has 0 aliphatic carbocycles. The summed E-state index contributed by atoms with van der Waals surface area (Å²) in [7, 11) is 0. The Morgan fingerprint density at radius 3 is 2.64 bits per heavy atom. The lowest BCUT2D eigenvalue weighted by Gasteiger charge is -2.16. The van der Waals surface area contributed by atoms with E-state index in [1.165, 1.54) is 0 Å². The summed E-state index contributed by atoms with van der Waals surface area (Å²) >= 11 is 11.8. The van der Waals surface area contributed by atoms with Crippen molar-refractivity contribution in [1.29, 1.82) is 0 Å². The maximum Gasteiger partial charge on any atom is 0.0627 e. The molecule has 1 aromatic rings. The van der Waals surface area contributed by atoms with Gasteiger partial charge in [0, 0.05) is 10.0 Å². The molecule has 0 aliphatic heterocycles. The minimum absolute atomic E-state index is 0.0230. The van der Waals surface area contributed by atoms with Crippen molar-refractivity contribution in [1.82, 2.24) is 5.32 Å². The molecule has 2 N–H and O–H groups in total. The lowest BCUT2D eigenvalue weighted by atomic mass is 10.1. The smallest absolute Gasteiger partial charge is 0.0627 e. The predicted octanol–water partition coefficient (Wildman–Crippen LogP) is 2.64. The van der Waals surface area contributed by atoms with Crippen molar-refractivity contribution in [3.8, 4) is 0 Å². The fourth-order valence-electron chi connectivity index (χ4n) is 1.30. The molecular weight excluding hydrogens is 221 g/mol. The summed E-state index contributed by atoms with van der Waals surface area (Å²) in [6.45, 7) is 2.78. The molecule has 1 aromatic carbocycles. The van der Waals surface area contributed by atoms with Crippen molar-refractivity contribution in [3.63, 3.8) is 0 Å². The molecule has 0 heterocycles. The van der Waals surface area contributed by atoms with Crippen LogP contribution in [-0.4, -0.2) is 18.3 Å². The summed E-state index contributed by atoms with van der Waals surface area (Å²) < 4.78 is 0. The van der Waals surface area contributed by atoms with Gasteiger partial charge in [-0.1, -0.05) is 36.2 Å². The number of likely N-dealkylation sites (N-methyl/N-ethyl adjacent to an activating group) is 1. The molecule has 2 nitrogen and oxygen atoms in total. The Labute approximate surface area is 93.8 Å². The van der Waals surface area contributed by atoms with Crippen LogP contribution in [-0.2, 0) is 0 Å². The van der Waals surface area contributed by atoms with Crippen molar-refractivity contribution in [2.24, 2.45) is 0 Å². The average molecular weight is 234 g/mol. The van der Waals surface area contributed by atoms with Gasteiger partial charge in [-0.15, -0.1) is 0 Å². The molecule has 0 spiro atoms. The Balaban J connectivity index is 2.92. The summed E-state index contributed by atoms with van der Waals surface area (Å²) in [5, 5.41) is 13.5. The molecule has 0 radical (unpaired) electrons. The third kappa shape index (κ3) is 2.85. The number of halogens is 2. The largest absolute Gasteiger partial charge is 0.394 e. The number of benzene rings is 1. The van der Waals surface area contributed by atoms with E-state index in [0.717, 1.165) is 12.1 Å². The Bertz CT molecular complexity index is 304. The lowest BCUT2D eigenvalue weighted by Crippen LogP contribution is -2.24. The maximum absolute atomic E-state index is 9.15. The molecule has 1 rings (SSSR count). The fourth-order valence-corrected chi connectivity index (χ4v) is 1.84. The van der Waals surface area contributed by atoms with Crippen LogP contribution in [0.4, 0.5) is 0 Å². The third-order valence-corrected chi connectivity index (χ3v) is 2.53. The molecule has 0 aliphatic rings. The lowest BCUT2D eigenvalue weighted by molar-refractivity contribution is 0.246. The van der Waals surface area contributed by atoms with Gasteiger partial charge in [0.25, 0.3) is 0 Å². The first-order chi connectivity index (χ1) is 6.69. The van der Waals surface area contributed by atoms with Crippen LogP contribution in [0.5, 0.6) is 0 Å². The molecule has 14 heavy (non-hydrogen) atoms. The highest BCUT2D eigenvalue weighted by Gasteiger charge is 2.12. The van der Waals surface area contributed by atoms with Gasteiger partial charge in [-0.2, -0.15) is 0 Å². The predicted molar refractivity (Wildman–Crippen MR) is 60.0 cm³/mol. The number of hydrogen-bond donors (Lipinski definition) is 2. The number of aliphatic hydroxyl groups is 1. The summed E-state index contributed by atoms with van der Waals surface area (Å²) in [6.07, 6.45) is 0. The Morgan fingerprint density at radius 1 is 1.43 bits per heavy atom. The Hall–Kier alpha value is -0.280. The molecule has 0 aromatic heterocycles. The van der Waals surface area contributed by atoms with Crippen LogP contribution < -0.4 is 5.32 Å². The number of hydrogen-bond acceptors (Lipinski definition) is 2. The van der Waals surface area contributed by atoms with Crippen LogP contribution in [0, 0.1) is 0 Å². The van der Waals surface area contributed by atoms with Gasteiger partial charge in [0.05, 0.1) is 12.6 Å². The van der Waals surface area contributed by atoms with E-state index in [1.807, 2.05) is 13.0 Å². The van der Waals surface area contributed by atoms with Crippen molar-refractivity contribution in [2.75, 3.05) is 13.2 Å². The first-order valence-corrected chi connectivity index (χ1v) is 5.23. The van der Waals surface area contributed by atoms with Crippen molar-refractivity contribution >= 4 is 23.2 Å². The molecular formula is C10H13Cl2NO.